The van der Waals surface area contributed by atoms with Crippen molar-refractivity contribution in [3.63, 3.8) is 0 Å². The average Bonchev–Trinajstić information content (AvgIpc) is 2.75. The van der Waals surface area contributed by atoms with Gasteiger partial charge in [-0.1, -0.05) is 70.0 Å². The van der Waals surface area contributed by atoms with Gasteiger partial charge in [0.05, 0.1) is 0 Å². The molecule has 1 aromatic carbocycles. The lowest BCUT2D eigenvalue weighted by molar-refractivity contribution is -0.0546. The topological polar surface area (TPSA) is 9.23 Å². The Morgan fingerprint density at radius 3 is 2.13 bits per heavy atom. The second kappa shape index (κ2) is 12.3. The first-order valence-corrected chi connectivity index (χ1v) is 14.8. The molecule has 1 heterocycles. The normalized spacial score (nSPS) is 26.9. The predicted molar refractivity (Wildman–Crippen MR) is 121 cm³/mol. The number of hydrogen-bond acceptors (Lipinski definition) is 1. The second-order valence-corrected chi connectivity index (χ2v) is 13.3. The van der Waals surface area contributed by atoms with Gasteiger partial charge in [-0.25, -0.2) is 8.78 Å². The molecule has 0 amide bonds. The average molecular weight is 459 g/mol. The molecular formula is C25H38F4OSi. The summed E-state index contributed by atoms with van der Waals surface area (Å²) in [5, 5.41) is 0. The Balaban J connectivity index is 1.33. The number of aryl methyl sites for hydroxylation is 1. The third-order valence-corrected chi connectivity index (χ3v) is 11.4. The summed E-state index contributed by atoms with van der Waals surface area (Å²) in [6.45, 7) is -0.902. The molecule has 0 bridgehead atoms. The monoisotopic (exact) mass is 458 g/mol. The van der Waals surface area contributed by atoms with E-state index < -0.39 is 24.0 Å². The number of ether oxygens (including phenoxy) is 1. The maximum atomic E-state index is 13.8. The molecule has 1 aliphatic heterocycles. The first-order chi connectivity index (χ1) is 15.0. The number of benzene rings is 1. The van der Waals surface area contributed by atoms with Gasteiger partial charge in [0.15, 0.2) is 17.4 Å². The molecule has 31 heavy (non-hydrogen) atoms. The highest BCUT2D eigenvalue weighted by atomic mass is 28.3. The van der Waals surface area contributed by atoms with Gasteiger partial charge in [-0.2, -0.15) is 8.78 Å². The zero-order chi connectivity index (χ0) is 22.2. The molecule has 1 nitrogen and oxygen atoms in total. The summed E-state index contributed by atoms with van der Waals surface area (Å²) in [4.78, 5) is 0. The van der Waals surface area contributed by atoms with Gasteiger partial charge in [0.25, 0.3) is 0 Å². The van der Waals surface area contributed by atoms with Crippen molar-refractivity contribution < 1.29 is 22.3 Å². The lowest BCUT2D eigenvalue weighted by Crippen LogP contribution is -2.28. The molecule has 0 spiro atoms. The van der Waals surface area contributed by atoms with Crippen LogP contribution in [-0.4, -0.2) is 15.4 Å². The number of rotatable bonds is 10. The molecule has 176 valence electrons. The minimum atomic E-state index is -3.23. The van der Waals surface area contributed by atoms with Gasteiger partial charge in [-0.15, -0.1) is 0 Å². The van der Waals surface area contributed by atoms with Crippen LogP contribution in [0.4, 0.5) is 17.6 Å². The molecule has 0 aromatic heterocycles. The van der Waals surface area contributed by atoms with E-state index in [1.807, 2.05) is 0 Å². The van der Waals surface area contributed by atoms with Crippen molar-refractivity contribution >= 4 is 8.80 Å². The lowest BCUT2D eigenvalue weighted by Gasteiger charge is -2.37. The lowest BCUT2D eigenvalue weighted by atomic mass is 9.73. The molecule has 0 unspecified atom stereocenters. The minimum Gasteiger partial charge on any atom is -0.429 e. The Hall–Kier alpha value is -1.04. The SMILES string of the molecule is CCC[Si@H]1CC[C@H]([C@H]2CC[C@H](CCCCc3cc(F)c(OC(F)F)c(F)c3)CC2)CC1. The van der Waals surface area contributed by atoms with Crippen LogP contribution in [0.25, 0.3) is 0 Å². The smallest absolute Gasteiger partial charge is 0.387 e. The summed E-state index contributed by atoms with van der Waals surface area (Å²) in [5.41, 5.74) is 0.502. The van der Waals surface area contributed by atoms with Crippen LogP contribution < -0.4 is 4.74 Å². The van der Waals surface area contributed by atoms with E-state index in [-0.39, 0.29) is 8.80 Å². The fourth-order valence-electron chi connectivity index (χ4n) is 6.03. The van der Waals surface area contributed by atoms with Gasteiger partial charge in [0, 0.05) is 8.80 Å². The number of alkyl halides is 2. The molecule has 6 heteroatoms. The van der Waals surface area contributed by atoms with Crippen LogP contribution in [0.5, 0.6) is 5.75 Å². The molecular weight excluding hydrogens is 420 g/mol. The fraction of sp³-hybridized carbons (Fsp3) is 0.760. The number of hydrogen-bond donors (Lipinski definition) is 0. The van der Waals surface area contributed by atoms with Crippen LogP contribution in [0.3, 0.4) is 0 Å². The van der Waals surface area contributed by atoms with Crippen molar-refractivity contribution in [3.8, 4) is 5.75 Å². The summed E-state index contributed by atoms with van der Waals surface area (Å²) in [7, 11) is -0.380. The second-order valence-electron chi connectivity index (χ2n) is 9.86. The standard InChI is InChI=1S/C25H38F4OSi/c1-2-13-31-14-11-21(12-15-31)20-9-7-18(8-10-20)5-3-4-6-19-16-22(26)24(23(27)17-19)30-25(28)29/h16-18,20-21,25,31H,2-15H2,1H3/t18-,20-,21-,31-. The van der Waals surface area contributed by atoms with Crippen LogP contribution in [0, 0.1) is 29.4 Å². The van der Waals surface area contributed by atoms with Crippen molar-refractivity contribution in [3.05, 3.63) is 29.3 Å². The molecule has 2 aliphatic rings. The predicted octanol–water partition coefficient (Wildman–Crippen LogP) is 8.13. The summed E-state index contributed by atoms with van der Waals surface area (Å²) in [5.74, 6) is -0.370. The summed E-state index contributed by atoms with van der Waals surface area (Å²) >= 11 is 0. The highest BCUT2D eigenvalue weighted by Crippen LogP contribution is 2.42. The summed E-state index contributed by atoms with van der Waals surface area (Å²) < 4.78 is 56.0. The van der Waals surface area contributed by atoms with Gasteiger partial charge < -0.3 is 4.74 Å². The zero-order valence-corrected chi connectivity index (χ0v) is 20.0. The van der Waals surface area contributed by atoms with E-state index in [1.165, 1.54) is 51.4 Å². The van der Waals surface area contributed by atoms with E-state index in [0.29, 0.717) is 12.0 Å². The molecule has 0 radical (unpaired) electrons. The van der Waals surface area contributed by atoms with Crippen LogP contribution >= 0.6 is 0 Å². The minimum absolute atomic E-state index is 0.380. The van der Waals surface area contributed by atoms with Gasteiger partial charge in [-0.3, -0.25) is 0 Å². The largest absolute Gasteiger partial charge is 0.429 e. The first-order valence-electron chi connectivity index (χ1n) is 12.4. The van der Waals surface area contributed by atoms with Crippen molar-refractivity contribution in [2.75, 3.05) is 0 Å². The summed E-state index contributed by atoms with van der Waals surface area (Å²) in [6, 6.07) is 6.93. The molecule has 1 saturated carbocycles. The van der Waals surface area contributed by atoms with Crippen LogP contribution in [-0.2, 0) is 6.42 Å². The highest BCUT2D eigenvalue weighted by Gasteiger charge is 2.30. The third kappa shape index (κ3) is 7.50. The Kier molecular flexibility index (Phi) is 9.73. The van der Waals surface area contributed by atoms with E-state index in [1.54, 1.807) is 18.1 Å². The van der Waals surface area contributed by atoms with Gasteiger partial charge in [0.1, 0.15) is 0 Å². The van der Waals surface area contributed by atoms with E-state index in [2.05, 4.69) is 11.7 Å². The van der Waals surface area contributed by atoms with E-state index >= 15 is 0 Å². The number of unbranched alkanes of at least 4 members (excludes halogenated alkanes) is 1. The van der Waals surface area contributed by atoms with Crippen molar-refractivity contribution in [1.29, 1.82) is 0 Å². The fourth-order valence-corrected chi connectivity index (χ4v) is 9.51. The van der Waals surface area contributed by atoms with Crippen LogP contribution in [0.1, 0.15) is 76.7 Å². The molecule has 3 rings (SSSR count). The van der Waals surface area contributed by atoms with Gasteiger partial charge >= 0.3 is 6.61 Å². The van der Waals surface area contributed by atoms with Gasteiger partial charge in [0.2, 0.25) is 0 Å². The Morgan fingerprint density at radius 2 is 1.55 bits per heavy atom. The first kappa shape index (κ1) is 24.6. The number of halogens is 4. The molecule has 1 aliphatic carbocycles. The Morgan fingerprint density at radius 1 is 0.935 bits per heavy atom. The van der Waals surface area contributed by atoms with E-state index in [4.69, 9.17) is 0 Å². The maximum absolute atomic E-state index is 13.8. The van der Waals surface area contributed by atoms with Crippen molar-refractivity contribution in [1.82, 2.24) is 0 Å². The Bertz CT molecular complexity index is 644. The summed E-state index contributed by atoms with van der Waals surface area (Å²) in [6.07, 6.45) is 13.5. The van der Waals surface area contributed by atoms with E-state index in [0.717, 1.165) is 42.7 Å². The third-order valence-electron chi connectivity index (χ3n) is 7.74. The quantitative estimate of drug-likeness (QED) is 0.195. The Labute approximate surface area is 186 Å². The van der Waals surface area contributed by atoms with Crippen molar-refractivity contribution in [2.24, 2.45) is 17.8 Å². The molecule has 1 aromatic rings. The molecule has 2 fully saturated rings. The van der Waals surface area contributed by atoms with Gasteiger partial charge in [-0.05, 0) is 61.1 Å². The molecule has 1 saturated heterocycles. The van der Waals surface area contributed by atoms with Crippen LogP contribution in [0.15, 0.2) is 12.1 Å². The van der Waals surface area contributed by atoms with Crippen molar-refractivity contribution in [2.45, 2.75) is 102 Å². The van der Waals surface area contributed by atoms with E-state index in [9.17, 15) is 17.6 Å². The molecule has 0 N–H and O–H groups in total. The molecule has 0 atom stereocenters. The highest BCUT2D eigenvalue weighted by molar-refractivity contribution is 6.58. The zero-order valence-electron chi connectivity index (χ0n) is 18.9. The van der Waals surface area contributed by atoms with Crippen LogP contribution in [0.2, 0.25) is 18.1 Å². The maximum Gasteiger partial charge on any atom is 0.387 e.